The van der Waals surface area contributed by atoms with Crippen LogP contribution < -0.4 is 5.32 Å². The van der Waals surface area contributed by atoms with Crippen molar-refractivity contribution in [2.75, 3.05) is 26.2 Å². The molecule has 1 fully saturated rings. The van der Waals surface area contributed by atoms with Crippen LogP contribution in [-0.2, 0) is 9.59 Å². The molecule has 0 radical (unpaired) electrons. The Morgan fingerprint density at radius 2 is 1.79 bits per heavy atom. The van der Waals surface area contributed by atoms with E-state index >= 15 is 0 Å². The predicted molar refractivity (Wildman–Crippen MR) is 73.8 cm³/mol. The molecule has 3 atom stereocenters. The molecule has 5 nitrogen and oxygen atoms in total. The van der Waals surface area contributed by atoms with Gasteiger partial charge in [-0.25, -0.2) is 0 Å². The first kappa shape index (κ1) is 16.0. The molecule has 0 aliphatic heterocycles. The lowest BCUT2D eigenvalue weighted by atomic mass is 9.95. The Morgan fingerprint density at radius 3 is 2.32 bits per heavy atom. The van der Waals surface area contributed by atoms with Crippen molar-refractivity contribution in [2.24, 2.45) is 17.8 Å². The van der Waals surface area contributed by atoms with Gasteiger partial charge in [-0.05, 0) is 31.8 Å². The third-order valence-corrected chi connectivity index (χ3v) is 4.07. The van der Waals surface area contributed by atoms with Gasteiger partial charge in [-0.2, -0.15) is 0 Å². The van der Waals surface area contributed by atoms with E-state index < -0.39 is 11.9 Å². The van der Waals surface area contributed by atoms with E-state index in [9.17, 15) is 9.59 Å². The first-order valence-electron chi connectivity index (χ1n) is 7.22. The maximum atomic E-state index is 12.1. The van der Waals surface area contributed by atoms with Crippen molar-refractivity contribution < 1.29 is 14.7 Å². The minimum absolute atomic E-state index is 0.0936. The van der Waals surface area contributed by atoms with Crippen LogP contribution in [0.1, 0.15) is 33.6 Å². The molecule has 1 unspecified atom stereocenters. The molecule has 1 rings (SSSR count). The maximum absolute atomic E-state index is 12.1. The Morgan fingerprint density at radius 1 is 1.21 bits per heavy atom. The smallest absolute Gasteiger partial charge is 0.307 e. The van der Waals surface area contributed by atoms with Crippen LogP contribution in [0, 0.1) is 17.8 Å². The average Bonchev–Trinajstić information content (AvgIpc) is 2.77. The Labute approximate surface area is 115 Å². The second kappa shape index (κ2) is 7.48. The molecule has 0 heterocycles. The summed E-state index contributed by atoms with van der Waals surface area (Å²) in [6.07, 6.45) is 1.30. The summed E-state index contributed by atoms with van der Waals surface area (Å²) in [6, 6.07) is 0. The summed E-state index contributed by atoms with van der Waals surface area (Å²) >= 11 is 0. The van der Waals surface area contributed by atoms with Crippen LogP contribution in [0.15, 0.2) is 0 Å². The van der Waals surface area contributed by atoms with Crippen LogP contribution in [0.3, 0.4) is 0 Å². The number of rotatable bonds is 7. The third-order valence-electron chi connectivity index (χ3n) is 4.07. The van der Waals surface area contributed by atoms with Crippen LogP contribution in [0.4, 0.5) is 0 Å². The number of amides is 1. The summed E-state index contributed by atoms with van der Waals surface area (Å²) in [5.41, 5.74) is 0. The second-order valence-electron chi connectivity index (χ2n) is 5.45. The number of nitrogens with one attached hydrogen (secondary N) is 1. The molecule has 0 bridgehead atoms. The number of aliphatic carboxylic acids is 1. The maximum Gasteiger partial charge on any atom is 0.307 e. The van der Waals surface area contributed by atoms with Gasteiger partial charge in [0.15, 0.2) is 0 Å². The molecule has 0 saturated heterocycles. The van der Waals surface area contributed by atoms with Gasteiger partial charge in [-0.15, -0.1) is 0 Å². The minimum atomic E-state index is -0.840. The van der Waals surface area contributed by atoms with Crippen molar-refractivity contribution in [1.82, 2.24) is 10.2 Å². The lowest BCUT2D eigenvalue weighted by Gasteiger charge is -2.20. The molecular weight excluding hydrogens is 244 g/mol. The lowest BCUT2D eigenvalue weighted by Crippen LogP contribution is -2.39. The van der Waals surface area contributed by atoms with E-state index in [-0.39, 0.29) is 11.8 Å². The summed E-state index contributed by atoms with van der Waals surface area (Å²) in [4.78, 5) is 25.4. The summed E-state index contributed by atoms with van der Waals surface area (Å²) < 4.78 is 0. The molecular formula is C14H26N2O3. The van der Waals surface area contributed by atoms with Crippen molar-refractivity contribution >= 4 is 11.9 Å². The van der Waals surface area contributed by atoms with Crippen LogP contribution in [-0.4, -0.2) is 48.1 Å². The number of hydrogen-bond acceptors (Lipinski definition) is 3. The molecule has 0 spiro atoms. The second-order valence-corrected chi connectivity index (χ2v) is 5.45. The van der Waals surface area contributed by atoms with Gasteiger partial charge >= 0.3 is 5.97 Å². The van der Waals surface area contributed by atoms with E-state index in [1.165, 1.54) is 0 Å². The summed E-state index contributed by atoms with van der Waals surface area (Å²) in [5, 5.41) is 12.0. The molecule has 110 valence electrons. The van der Waals surface area contributed by atoms with E-state index in [1.807, 2.05) is 6.92 Å². The van der Waals surface area contributed by atoms with E-state index in [1.54, 1.807) is 0 Å². The van der Waals surface area contributed by atoms with E-state index in [0.717, 1.165) is 19.6 Å². The fourth-order valence-electron chi connectivity index (χ4n) is 2.86. The molecule has 1 amide bonds. The SMILES string of the molecule is CCN(CC)CCNC(=O)[C@H]1CC(C)C[C@H]1C(=O)O. The van der Waals surface area contributed by atoms with Gasteiger partial charge in [-0.1, -0.05) is 20.8 Å². The van der Waals surface area contributed by atoms with Crippen LogP contribution in [0.2, 0.25) is 0 Å². The average molecular weight is 270 g/mol. The van der Waals surface area contributed by atoms with Gasteiger partial charge in [0.25, 0.3) is 0 Å². The highest BCUT2D eigenvalue weighted by Gasteiger charge is 2.40. The third kappa shape index (κ3) is 4.49. The normalized spacial score (nSPS) is 26.6. The number of carbonyl (C=O) groups is 2. The molecule has 2 N–H and O–H groups in total. The summed E-state index contributed by atoms with van der Waals surface area (Å²) in [6.45, 7) is 9.53. The highest BCUT2D eigenvalue weighted by Crippen LogP contribution is 2.36. The number of carboxylic acid groups (broad SMARTS) is 1. The van der Waals surface area contributed by atoms with E-state index in [2.05, 4.69) is 24.1 Å². The minimum Gasteiger partial charge on any atom is -0.481 e. The highest BCUT2D eigenvalue weighted by atomic mass is 16.4. The molecule has 1 aliphatic carbocycles. The fourth-order valence-corrected chi connectivity index (χ4v) is 2.86. The summed E-state index contributed by atoms with van der Waals surface area (Å²) in [5.74, 6) is -1.48. The van der Waals surface area contributed by atoms with Gasteiger partial charge in [-0.3, -0.25) is 9.59 Å². The van der Waals surface area contributed by atoms with Crippen molar-refractivity contribution in [3.05, 3.63) is 0 Å². The molecule has 0 aromatic carbocycles. The first-order valence-corrected chi connectivity index (χ1v) is 7.22. The summed E-state index contributed by atoms with van der Waals surface area (Å²) in [7, 11) is 0. The Bertz CT molecular complexity index is 316. The molecule has 1 saturated carbocycles. The zero-order valence-electron chi connectivity index (χ0n) is 12.2. The van der Waals surface area contributed by atoms with Gasteiger partial charge in [0, 0.05) is 13.1 Å². The predicted octanol–water partition coefficient (Wildman–Crippen LogP) is 1.19. The first-order chi connectivity index (χ1) is 8.99. The molecule has 5 heteroatoms. The monoisotopic (exact) mass is 270 g/mol. The van der Waals surface area contributed by atoms with Crippen molar-refractivity contribution in [3.63, 3.8) is 0 Å². The van der Waals surface area contributed by atoms with E-state index in [4.69, 9.17) is 5.11 Å². The van der Waals surface area contributed by atoms with Gasteiger partial charge in [0.05, 0.1) is 11.8 Å². The van der Waals surface area contributed by atoms with Gasteiger partial charge in [0.2, 0.25) is 5.91 Å². The zero-order valence-corrected chi connectivity index (χ0v) is 12.2. The topological polar surface area (TPSA) is 69.6 Å². The zero-order chi connectivity index (χ0) is 14.4. The van der Waals surface area contributed by atoms with Crippen LogP contribution >= 0.6 is 0 Å². The Balaban J connectivity index is 2.42. The number of nitrogens with zero attached hydrogens (tertiary/aromatic N) is 1. The van der Waals surface area contributed by atoms with Crippen LogP contribution in [0.5, 0.6) is 0 Å². The van der Waals surface area contributed by atoms with Crippen molar-refractivity contribution in [2.45, 2.75) is 33.6 Å². The Hall–Kier alpha value is -1.10. The van der Waals surface area contributed by atoms with Crippen LogP contribution in [0.25, 0.3) is 0 Å². The lowest BCUT2D eigenvalue weighted by molar-refractivity contribution is -0.146. The van der Waals surface area contributed by atoms with Gasteiger partial charge in [0.1, 0.15) is 0 Å². The number of carboxylic acids is 1. The number of likely N-dealkylation sites (N-methyl/N-ethyl adjacent to an activating group) is 1. The molecule has 1 aliphatic rings. The van der Waals surface area contributed by atoms with Crippen molar-refractivity contribution in [3.8, 4) is 0 Å². The standard InChI is InChI=1S/C14H26N2O3/c1-4-16(5-2)7-6-15-13(17)11-8-10(3)9-12(11)14(18)19/h10-12H,4-9H2,1-3H3,(H,15,17)(H,18,19)/t10?,11-,12+/m0/s1. The van der Waals surface area contributed by atoms with Crippen molar-refractivity contribution in [1.29, 1.82) is 0 Å². The number of carbonyl (C=O) groups excluding carboxylic acids is 1. The highest BCUT2D eigenvalue weighted by molar-refractivity contribution is 5.85. The fraction of sp³-hybridized carbons (Fsp3) is 0.857. The van der Waals surface area contributed by atoms with Gasteiger partial charge < -0.3 is 15.3 Å². The molecule has 19 heavy (non-hydrogen) atoms. The van der Waals surface area contributed by atoms with E-state index in [0.29, 0.717) is 25.3 Å². The molecule has 0 aromatic heterocycles. The Kier molecular flexibility index (Phi) is 6.28. The molecule has 0 aromatic rings. The quantitative estimate of drug-likeness (QED) is 0.729. The largest absolute Gasteiger partial charge is 0.481 e. The number of hydrogen-bond donors (Lipinski definition) is 2.